The van der Waals surface area contributed by atoms with E-state index in [2.05, 4.69) is 53.2 Å². The maximum absolute atomic E-state index is 12.1. The molecule has 0 saturated carbocycles. The van der Waals surface area contributed by atoms with Gasteiger partial charge in [0, 0.05) is 33.2 Å². The minimum absolute atomic E-state index is 0.295. The highest BCUT2D eigenvalue weighted by Gasteiger charge is 2.09. The Bertz CT molecular complexity index is 971. The molecule has 0 atom stereocenters. The SMILES string of the molecule is Cc1ccc(-n2c(C)cc(/C=N\NC(=O)c3cccc(Cl)c3)c2C)cc1. The molecule has 2 aromatic carbocycles. The van der Waals surface area contributed by atoms with Crippen LogP contribution in [0.3, 0.4) is 0 Å². The van der Waals surface area contributed by atoms with Crippen LogP contribution in [0.1, 0.15) is 32.9 Å². The van der Waals surface area contributed by atoms with Gasteiger partial charge >= 0.3 is 0 Å². The molecule has 3 rings (SSSR count). The van der Waals surface area contributed by atoms with Crippen LogP contribution in [0.2, 0.25) is 5.02 Å². The lowest BCUT2D eigenvalue weighted by atomic mass is 10.2. The van der Waals surface area contributed by atoms with Crippen molar-refractivity contribution in [3.05, 3.63) is 87.7 Å². The number of hydrazone groups is 1. The third-order valence-corrected chi connectivity index (χ3v) is 4.45. The number of halogens is 1. The van der Waals surface area contributed by atoms with Gasteiger partial charge in [-0.2, -0.15) is 5.10 Å². The zero-order valence-corrected chi connectivity index (χ0v) is 15.7. The van der Waals surface area contributed by atoms with Gasteiger partial charge < -0.3 is 4.57 Å². The van der Waals surface area contributed by atoms with Crippen molar-refractivity contribution >= 4 is 23.7 Å². The molecule has 1 amide bonds. The average molecular weight is 366 g/mol. The van der Waals surface area contributed by atoms with Crippen LogP contribution in [0.4, 0.5) is 0 Å². The minimum Gasteiger partial charge on any atom is -0.318 e. The highest BCUT2D eigenvalue weighted by molar-refractivity contribution is 6.30. The summed E-state index contributed by atoms with van der Waals surface area (Å²) in [5.74, 6) is -0.295. The number of rotatable bonds is 4. The topological polar surface area (TPSA) is 46.4 Å². The van der Waals surface area contributed by atoms with Crippen molar-refractivity contribution in [3.8, 4) is 5.69 Å². The Labute approximate surface area is 158 Å². The van der Waals surface area contributed by atoms with Gasteiger partial charge in [-0.3, -0.25) is 4.79 Å². The first kappa shape index (κ1) is 18.0. The number of carbonyl (C=O) groups excluding carboxylic acids is 1. The number of carbonyl (C=O) groups is 1. The first-order valence-corrected chi connectivity index (χ1v) is 8.68. The molecule has 132 valence electrons. The fourth-order valence-corrected chi connectivity index (χ4v) is 3.05. The second-order valence-electron chi connectivity index (χ2n) is 6.21. The van der Waals surface area contributed by atoms with Crippen LogP contribution in [0, 0.1) is 20.8 Å². The molecule has 0 radical (unpaired) electrons. The molecular formula is C21H20ClN3O. The van der Waals surface area contributed by atoms with E-state index in [9.17, 15) is 4.79 Å². The molecule has 26 heavy (non-hydrogen) atoms. The Morgan fingerprint density at radius 2 is 1.81 bits per heavy atom. The van der Waals surface area contributed by atoms with Crippen LogP contribution in [0.5, 0.6) is 0 Å². The predicted octanol–water partition coefficient (Wildman–Crippen LogP) is 4.82. The second kappa shape index (κ2) is 7.58. The van der Waals surface area contributed by atoms with E-state index in [1.165, 1.54) is 5.56 Å². The molecule has 1 heterocycles. The summed E-state index contributed by atoms with van der Waals surface area (Å²) >= 11 is 5.91. The average Bonchev–Trinajstić information content (AvgIpc) is 2.89. The highest BCUT2D eigenvalue weighted by Crippen LogP contribution is 2.20. The van der Waals surface area contributed by atoms with Crippen LogP contribution in [0.25, 0.3) is 5.69 Å². The lowest BCUT2D eigenvalue weighted by Gasteiger charge is -2.09. The van der Waals surface area contributed by atoms with E-state index in [1.54, 1.807) is 30.5 Å². The van der Waals surface area contributed by atoms with Crippen molar-refractivity contribution < 1.29 is 4.79 Å². The van der Waals surface area contributed by atoms with Crippen molar-refractivity contribution in [1.82, 2.24) is 9.99 Å². The zero-order chi connectivity index (χ0) is 18.7. The van der Waals surface area contributed by atoms with Gasteiger partial charge in [0.05, 0.1) is 6.21 Å². The summed E-state index contributed by atoms with van der Waals surface area (Å²) in [6.07, 6.45) is 1.66. The Kier molecular flexibility index (Phi) is 5.24. The summed E-state index contributed by atoms with van der Waals surface area (Å²) in [7, 11) is 0. The molecule has 3 aromatic rings. The third kappa shape index (κ3) is 3.86. The largest absolute Gasteiger partial charge is 0.318 e. The van der Waals surface area contributed by atoms with E-state index in [0.29, 0.717) is 10.6 Å². The molecule has 0 spiro atoms. The van der Waals surface area contributed by atoms with Gasteiger partial charge in [0.2, 0.25) is 0 Å². The summed E-state index contributed by atoms with van der Waals surface area (Å²) in [6.45, 7) is 6.15. The number of nitrogens with one attached hydrogen (secondary N) is 1. The fourth-order valence-electron chi connectivity index (χ4n) is 2.86. The van der Waals surface area contributed by atoms with E-state index in [0.717, 1.165) is 22.6 Å². The zero-order valence-electron chi connectivity index (χ0n) is 15.0. The summed E-state index contributed by atoms with van der Waals surface area (Å²) in [5, 5.41) is 4.61. The van der Waals surface area contributed by atoms with Crippen molar-refractivity contribution in [2.75, 3.05) is 0 Å². The van der Waals surface area contributed by atoms with Crippen LogP contribution >= 0.6 is 11.6 Å². The van der Waals surface area contributed by atoms with Crippen LogP contribution in [-0.2, 0) is 0 Å². The smallest absolute Gasteiger partial charge is 0.271 e. The van der Waals surface area contributed by atoms with Gasteiger partial charge in [-0.25, -0.2) is 5.43 Å². The fraction of sp³-hybridized carbons (Fsp3) is 0.143. The van der Waals surface area contributed by atoms with Gasteiger partial charge in [0.15, 0.2) is 0 Å². The standard InChI is InChI=1S/C21H20ClN3O/c1-14-7-9-20(10-8-14)25-15(2)11-18(16(25)3)13-23-24-21(26)17-5-4-6-19(22)12-17/h4-13H,1-3H3,(H,24,26)/b23-13-. The summed E-state index contributed by atoms with van der Waals surface area (Å²) in [6, 6.07) is 17.2. The molecular weight excluding hydrogens is 346 g/mol. The van der Waals surface area contributed by atoms with E-state index in [4.69, 9.17) is 11.6 Å². The Morgan fingerprint density at radius 1 is 1.08 bits per heavy atom. The molecule has 1 aromatic heterocycles. The van der Waals surface area contributed by atoms with Gasteiger partial charge in [0.25, 0.3) is 5.91 Å². The first-order chi connectivity index (χ1) is 12.5. The molecule has 0 fully saturated rings. The van der Waals surface area contributed by atoms with Crippen molar-refractivity contribution in [3.63, 3.8) is 0 Å². The quantitative estimate of drug-likeness (QED) is 0.523. The number of hydrogen-bond acceptors (Lipinski definition) is 2. The summed E-state index contributed by atoms with van der Waals surface area (Å²) in [5.41, 5.74) is 8.46. The van der Waals surface area contributed by atoms with Gasteiger partial charge in [-0.05, 0) is 57.2 Å². The Morgan fingerprint density at radius 3 is 2.50 bits per heavy atom. The summed E-state index contributed by atoms with van der Waals surface area (Å²) < 4.78 is 2.17. The number of amides is 1. The van der Waals surface area contributed by atoms with Gasteiger partial charge in [0.1, 0.15) is 0 Å². The monoisotopic (exact) mass is 365 g/mol. The molecule has 4 nitrogen and oxygen atoms in total. The predicted molar refractivity (Wildman–Crippen MR) is 106 cm³/mol. The van der Waals surface area contributed by atoms with E-state index in [1.807, 2.05) is 13.0 Å². The normalized spacial score (nSPS) is 11.1. The van der Waals surface area contributed by atoms with Crippen molar-refractivity contribution in [2.24, 2.45) is 5.10 Å². The van der Waals surface area contributed by atoms with Crippen LogP contribution in [-0.4, -0.2) is 16.7 Å². The molecule has 0 bridgehead atoms. The molecule has 0 aliphatic carbocycles. The Hall–Kier alpha value is -2.85. The highest BCUT2D eigenvalue weighted by atomic mass is 35.5. The van der Waals surface area contributed by atoms with Crippen LogP contribution < -0.4 is 5.43 Å². The lowest BCUT2D eigenvalue weighted by molar-refractivity contribution is 0.0955. The Balaban J connectivity index is 1.78. The number of nitrogens with zero attached hydrogens (tertiary/aromatic N) is 2. The van der Waals surface area contributed by atoms with Crippen LogP contribution in [0.15, 0.2) is 59.7 Å². The molecule has 1 N–H and O–H groups in total. The second-order valence-corrected chi connectivity index (χ2v) is 6.64. The summed E-state index contributed by atoms with van der Waals surface area (Å²) in [4.78, 5) is 12.1. The third-order valence-electron chi connectivity index (χ3n) is 4.22. The van der Waals surface area contributed by atoms with Gasteiger partial charge in [-0.1, -0.05) is 35.4 Å². The molecule has 0 aliphatic rings. The van der Waals surface area contributed by atoms with Crippen molar-refractivity contribution in [2.45, 2.75) is 20.8 Å². The lowest BCUT2D eigenvalue weighted by Crippen LogP contribution is -2.17. The minimum atomic E-state index is -0.295. The number of aromatic nitrogens is 1. The van der Waals surface area contributed by atoms with Crippen molar-refractivity contribution in [1.29, 1.82) is 0 Å². The number of hydrogen-bond donors (Lipinski definition) is 1. The number of benzene rings is 2. The molecule has 5 heteroatoms. The van der Waals surface area contributed by atoms with E-state index < -0.39 is 0 Å². The first-order valence-electron chi connectivity index (χ1n) is 8.30. The maximum Gasteiger partial charge on any atom is 0.271 e. The van der Waals surface area contributed by atoms with Gasteiger partial charge in [-0.15, -0.1) is 0 Å². The molecule has 0 aliphatic heterocycles. The van der Waals surface area contributed by atoms with E-state index in [-0.39, 0.29) is 5.91 Å². The maximum atomic E-state index is 12.1. The van der Waals surface area contributed by atoms with E-state index >= 15 is 0 Å². The molecule has 0 unspecified atom stereocenters. The number of aryl methyl sites for hydroxylation is 2. The molecule has 0 saturated heterocycles.